The molecule has 3 aromatic carbocycles. The number of nitrogens with zero attached hydrogens (tertiary/aromatic N) is 1. The highest BCUT2D eigenvalue weighted by Gasteiger charge is 2.28. The number of anilines is 1. The van der Waals surface area contributed by atoms with Crippen LogP contribution in [-0.2, 0) is 23.0 Å². The van der Waals surface area contributed by atoms with Crippen LogP contribution in [0.25, 0.3) is 0 Å². The first-order valence-electron chi connectivity index (χ1n) is 10.7. The summed E-state index contributed by atoms with van der Waals surface area (Å²) in [5.74, 6) is -0.0936. The lowest BCUT2D eigenvalue weighted by Gasteiger charge is -2.31. The standard InChI is InChI=1S/C25H23ClN4O4S/c1-16-29-23-14-19(24(31)28-13-12-17-4-9-21(10-5-17)35(27,33)34)6-11-22(23)25(32)30(16)15-18-2-7-20(26)8-3-18/h2-11,14,29H,1,12-13,15H2,(H,28,31)(H2,27,33,34). The molecule has 0 bridgehead atoms. The number of nitrogens with one attached hydrogen (secondary N) is 2. The van der Waals surface area contributed by atoms with E-state index in [0.717, 1.165) is 11.1 Å². The van der Waals surface area contributed by atoms with Crippen LogP contribution < -0.4 is 15.8 Å². The Morgan fingerprint density at radius 1 is 1.03 bits per heavy atom. The van der Waals surface area contributed by atoms with Crippen molar-refractivity contribution in [2.75, 3.05) is 11.9 Å². The molecule has 3 aromatic rings. The molecule has 0 fully saturated rings. The maximum atomic E-state index is 13.0. The number of hydrogen-bond acceptors (Lipinski definition) is 5. The van der Waals surface area contributed by atoms with Gasteiger partial charge in [-0.3, -0.25) is 14.5 Å². The van der Waals surface area contributed by atoms with Gasteiger partial charge in [0.2, 0.25) is 10.0 Å². The second kappa shape index (κ2) is 9.91. The van der Waals surface area contributed by atoms with Crippen molar-refractivity contribution in [2.45, 2.75) is 17.9 Å². The SMILES string of the molecule is C=C1Nc2cc(C(=O)NCCc3ccc(S(N)(=O)=O)cc3)ccc2C(=O)N1Cc1ccc(Cl)cc1. The maximum absolute atomic E-state index is 13.0. The molecule has 8 nitrogen and oxygen atoms in total. The molecule has 0 unspecified atom stereocenters. The third-order valence-corrected chi connectivity index (χ3v) is 6.75. The molecule has 35 heavy (non-hydrogen) atoms. The molecule has 4 N–H and O–H groups in total. The van der Waals surface area contributed by atoms with E-state index in [1.54, 1.807) is 42.5 Å². The molecule has 2 amide bonds. The van der Waals surface area contributed by atoms with Crippen LogP contribution in [0.4, 0.5) is 5.69 Å². The summed E-state index contributed by atoms with van der Waals surface area (Å²) in [6.45, 7) is 4.64. The van der Waals surface area contributed by atoms with Gasteiger partial charge in [0.1, 0.15) is 5.82 Å². The van der Waals surface area contributed by atoms with Crippen LogP contribution in [0.15, 0.2) is 84.0 Å². The van der Waals surface area contributed by atoms with Crippen LogP contribution in [0.2, 0.25) is 5.02 Å². The molecular formula is C25H23ClN4O4S. The van der Waals surface area contributed by atoms with Gasteiger partial charge in [0, 0.05) is 17.1 Å². The summed E-state index contributed by atoms with van der Waals surface area (Å²) in [5.41, 5.74) is 3.11. The number of carbonyl (C=O) groups excluding carboxylic acids is 2. The maximum Gasteiger partial charge on any atom is 0.261 e. The second-order valence-electron chi connectivity index (χ2n) is 8.04. The van der Waals surface area contributed by atoms with E-state index in [-0.39, 0.29) is 16.7 Å². The number of nitrogens with two attached hydrogens (primary N) is 1. The molecule has 1 aliphatic rings. The Morgan fingerprint density at radius 3 is 2.34 bits per heavy atom. The van der Waals surface area contributed by atoms with Gasteiger partial charge in [-0.1, -0.05) is 42.4 Å². The summed E-state index contributed by atoms with van der Waals surface area (Å²) in [5, 5.41) is 11.7. The number of benzene rings is 3. The molecule has 0 radical (unpaired) electrons. The largest absolute Gasteiger partial charge is 0.352 e. The Hall–Kier alpha value is -3.66. The Balaban J connectivity index is 1.39. The zero-order chi connectivity index (χ0) is 25.2. The van der Waals surface area contributed by atoms with E-state index in [1.165, 1.54) is 17.0 Å². The molecule has 10 heteroatoms. The van der Waals surface area contributed by atoms with E-state index >= 15 is 0 Å². The number of halogens is 1. The van der Waals surface area contributed by atoms with Crippen LogP contribution in [0.1, 0.15) is 31.8 Å². The van der Waals surface area contributed by atoms with Gasteiger partial charge < -0.3 is 10.6 Å². The van der Waals surface area contributed by atoms with E-state index < -0.39 is 10.0 Å². The predicted molar refractivity (Wildman–Crippen MR) is 134 cm³/mol. The topological polar surface area (TPSA) is 122 Å². The molecule has 180 valence electrons. The summed E-state index contributed by atoms with van der Waals surface area (Å²) in [7, 11) is -3.74. The lowest BCUT2D eigenvalue weighted by Crippen LogP contribution is -2.37. The molecular weight excluding hydrogens is 488 g/mol. The lowest BCUT2D eigenvalue weighted by atomic mass is 10.0. The first-order valence-corrected chi connectivity index (χ1v) is 12.6. The first-order chi connectivity index (χ1) is 16.6. The van der Waals surface area contributed by atoms with Crippen LogP contribution in [0.5, 0.6) is 0 Å². The Morgan fingerprint density at radius 2 is 1.69 bits per heavy atom. The fourth-order valence-corrected chi connectivity index (χ4v) is 4.32. The Kier molecular flexibility index (Phi) is 6.93. The van der Waals surface area contributed by atoms with E-state index in [4.69, 9.17) is 16.7 Å². The van der Waals surface area contributed by atoms with Gasteiger partial charge in [0.15, 0.2) is 0 Å². The summed E-state index contributed by atoms with van der Waals surface area (Å²) < 4.78 is 22.7. The van der Waals surface area contributed by atoms with Crippen molar-refractivity contribution in [3.8, 4) is 0 Å². The minimum Gasteiger partial charge on any atom is -0.352 e. The molecule has 0 saturated heterocycles. The predicted octanol–water partition coefficient (Wildman–Crippen LogP) is 3.50. The van der Waals surface area contributed by atoms with Crippen molar-refractivity contribution in [3.05, 3.63) is 106 Å². The zero-order valence-electron chi connectivity index (χ0n) is 18.6. The summed E-state index contributed by atoms with van der Waals surface area (Å²) in [6.07, 6.45) is 0.509. The van der Waals surface area contributed by atoms with Gasteiger partial charge in [-0.2, -0.15) is 0 Å². The summed E-state index contributed by atoms with van der Waals surface area (Å²) in [6, 6.07) is 18.2. The number of rotatable bonds is 7. The molecule has 0 aromatic heterocycles. The average Bonchev–Trinajstić information content (AvgIpc) is 2.82. The first kappa shape index (κ1) is 24.5. The van der Waals surface area contributed by atoms with Crippen LogP contribution in [0, 0.1) is 0 Å². The van der Waals surface area contributed by atoms with Gasteiger partial charge in [-0.25, -0.2) is 13.6 Å². The third kappa shape index (κ3) is 5.71. The molecule has 1 heterocycles. The van der Waals surface area contributed by atoms with Crippen molar-refractivity contribution in [1.29, 1.82) is 0 Å². The lowest BCUT2D eigenvalue weighted by molar-refractivity contribution is 0.0791. The van der Waals surface area contributed by atoms with Crippen molar-refractivity contribution in [3.63, 3.8) is 0 Å². The molecule has 0 saturated carbocycles. The van der Waals surface area contributed by atoms with Gasteiger partial charge in [-0.15, -0.1) is 0 Å². The molecule has 1 aliphatic heterocycles. The quantitative estimate of drug-likeness (QED) is 0.449. The van der Waals surface area contributed by atoms with Crippen molar-refractivity contribution < 1.29 is 18.0 Å². The zero-order valence-corrected chi connectivity index (χ0v) is 20.2. The van der Waals surface area contributed by atoms with Gasteiger partial charge in [0.05, 0.1) is 22.7 Å². The van der Waals surface area contributed by atoms with Gasteiger partial charge >= 0.3 is 0 Å². The Bertz CT molecular complexity index is 1400. The van der Waals surface area contributed by atoms with E-state index in [1.807, 2.05) is 12.1 Å². The Labute approximate surface area is 208 Å². The van der Waals surface area contributed by atoms with Crippen molar-refractivity contribution >= 4 is 39.1 Å². The normalized spacial score (nSPS) is 13.3. The van der Waals surface area contributed by atoms with E-state index in [0.29, 0.717) is 47.2 Å². The molecule has 0 aliphatic carbocycles. The number of hydrogen-bond donors (Lipinski definition) is 3. The second-order valence-corrected chi connectivity index (χ2v) is 10.0. The van der Waals surface area contributed by atoms with E-state index in [2.05, 4.69) is 17.2 Å². The van der Waals surface area contributed by atoms with Gasteiger partial charge in [0.25, 0.3) is 11.8 Å². The fraction of sp³-hybridized carbons (Fsp3) is 0.120. The van der Waals surface area contributed by atoms with Crippen molar-refractivity contribution in [1.82, 2.24) is 10.2 Å². The number of fused-ring (bicyclic) bond motifs is 1. The highest BCUT2D eigenvalue weighted by atomic mass is 35.5. The van der Waals surface area contributed by atoms with E-state index in [9.17, 15) is 18.0 Å². The fourth-order valence-electron chi connectivity index (χ4n) is 3.67. The number of primary sulfonamides is 1. The number of carbonyl (C=O) groups is 2. The smallest absolute Gasteiger partial charge is 0.261 e. The monoisotopic (exact) mass is 510 g/mol. The average molecular weight is 511 g/mol. The molecule has 0 spiro atoms. The van der Waals surface area contributed by atoms with Gasteiger partial charge in [-0.05, 0) is 60.0 Å². The molecule has 0 atom stereocenters. The van der Waals surface area contributed by atoms with Crippen LogP contribution in [-0.4, -0.2) is 31.7 Å². The highest BCUT2D eigenvalue weighted by Crippen LogP contribution is 2.29. The summed E-state index contributed by atoms with van der Waals surface area (Å²) in [4.78, 5) is 27.3. The van der Waals surface area contributed by atoms with Crippen molar-refractivity contribution in [2.24, 2.45) is 5.14 Å². The number of sulfonamides is 1. The summed E-state index contributed by atoms with van der Waals surface area (Å²) >= 11 is 5.94. The number of amides is 2. The third-order valence-electron chi connectivity index (χ3n) is 5.57. The minimum absolute atomic E-state index is 0.0368. The highest BCUT2D eigenvalue weighted by molar-refractivity contribution is 7.89. The van der Waals surface area contributed by atoms with Crippen LogP contribution >= 0.6 is 11.6 Å². The van der Waals surface area contributed by atoms with Crippen LogP contribution in [0.3, 0.4) is 0 Å². The minimum atomic E-state index is -3.74. The molecule has 4 rings (SSSR count).